The Kier molecular flexibility index (Phi) is 5.48. The molecule has 160 valence electrons. The molecule has 1 aliphatic heterocycles. The third-order valence-electron chi connectivity index (χ3n) is 6.30. The van der Waals surface area contributed by atoms with Crippen molar-refractivity contribution < 1.29 is 9.53 Å². The highest BCUT2D eigenvalue weighted by Crippen LogP contribution is 2.50. The predicted octanol–water partition coefficient (Wildman–Crippen LogP) is 5.63. The average Bonchev–Trinajstić information content (AvgIpc) is 2.78. The van der Waals surface area contributed by atoms with Crippen LogP contribution in [0.4, 0.5) is 11.4 Å². The summed E-state index contributed by atoms with van der Waals surface area (Å²) in [6.45, 7) is 6.83. The van der Waals surface area contributed by atoms with E-state index in [1.165, 1.54) is 11.1 Å². The Labute approximate surface area is 184 Å². The van der Waals surface area contributed by atoms with E-state index in [4.69, 9.17) is 4.74 Å². The molecule has 1 N–H and O–H groups in total. The quantitative estimate of drug-likeness (QED) is 0.588. The number of methoxy groups -OCH3 is 1. The van der Waals surface area contributed by atoms with Crippen LogP contribution in [0.2, 0.25) is 0 Å². The largest absolute Gasteiger partial charge is 0.497 e. The highest BCUT2D eigenvalue weighted by atomic mass is 16.5. The Bertz CT molecular complexity index is 1080. The molecule has 0 aliphatic carbocycles. The first-order valence-corrected chi connectivity index (χ1v) is 10.7. The summed E-state index contributed by atoms with van der Waals surface area (Å²) in [6.07, 6.45) is 0.839. The van der Waals surface area contributed by atoms with Crippen LogP contribution >= 0.6 is 0 Å². The van der Waals surface area contributed by atoms with E-state index in [2.05, 4.69) is 68.6 Å². The zero-order valence-corrected chi connectivity index (χ0v) is 18.7. The summed E-state index contributed by atoms with van der Waals surface area (Å²) in [7, 11) is 1.64. The van der Waals surface area contributed by atoms with Crippen molar-refractivity contribution >= 4 is 17.3 Å². The van der Waals surface area contributed by atoms with Gasteiger partial charge in [-0.1, -0.05) is 61.5 Å². The number of nitrogens with one attached hydrogen (secondary N) is 1. The lowest BCUT2D eigenvalue weighted by Crippen LogP contribution is -2.57. The molecule has 4 rings (SSSR count). The number of ether oxygens (including phenoxy) is 1. The molecular weight excluding hydrogens is 384 g/mol. The molecule has 3 aromatic rings. The Morgan fingerprint density at radius 1 is 0.968 bits per heavy atom. The van der Waals surface area contributed by atoms with Gasteiger partial charge < -0.3 is 15.0 Å². The molecule has 4 heteroatoms. The number of para-hydroxylation sites is 1. The van der Waals surface area contributed by atoms with Gasteiger partial charge in [-0.05, 0) is 49.6 Å². The number of carbonyl (C=O) groups excluding carboxylic acids is 1. The van der Waals surface area contributed by atoms with E-state index < -0.39 is 0 Å². The van der Waals surface area contributed by atoms with Gasteiger partial charge in [-0.15, -0.1) is 0 Å². The van der Waals surface area contributed by atoms with Gasteiger partial charge in [0, 0.05) is 28.4 Å². The lowest BCUT2D eigenvalue weighted by molar-refractivity contribution is -0.118. The van der Waals surface area contributed by atoms with Crippen LogP contribution in [0.25, 0.3) is 0 Å². The molecule has 0 fully saturated rings. The minimum atomic E-state index is -0.341. The fourth-order valence-electron chi connectivity index (χ4n) is 5.03. The molecule has 1 unspecified atom stereocenters. The summed E-state index contributed by atoms with van der Waals surface area (Å²) in [6, 6.07) is 26.6. The molecule has 1 atom stereocenters. The maximum atomic E-state index is 13.5. The van der Waals surface area contributed by atoms with Gasteiger partial charge in [0.05, 0.1) is 13.7 Å². The molecule has 31 heavy (non-hydrogen) atoms. The molecular formula is C27H30N2O2. The SMILES string of the molecule is COc1cccc(NCC(=O)N2c3ccccc3C(C)(c3ccccc3)CC2(C)C)c1. The molecule has 0 saturated heterocycles. The number of hydrogen-bond acceptors (Lipinski definition) is 3. The van der Waals surface area contributed by atoms with Crippen molar-refractivity contribution in [3.05, 3.63) is 90.0 Å². The zero-order chi connectivity index (χ0) is 22.1. The number of carbonyl (C=O) groups is 1. The molecule has 0 radical (unpaired) electrons. The average molecular weight is 415 g/mol. The van der Waals surface area contributed by atoms with Crippen molar-refractivity contribution in [3.8, 4) is 5.75 Å². The van der Waals surface area contributed by atoms with Crippen molar-refractivity contribution in [2.24, 2.45) is 0 Å². The van der Waals surface area contributed by atoms with E-state index in [9.17, 15) is 4.79 Å². The topological polar surface area (TPSA) is 41.6 Å². The number of amides is 1. The fourth-order valence-corrected chi connectivity index (χ4v) is 5.03. The van der Waals surface area contributed by atoms with E-state index in [0.717, 1.165) is 23.5 Å². The number of anilines is 2. The molecule has 1 heterocycles. The van der Waals surface area contributed by atoms with Gasteiger partial charge in [-0.25, -0.2) is 0 Å². The lowest BCUT2D eigenvalue weighted by Gasteiger charge is -2.51. The van der Waals surface area contributed by atoms with Crippen LogP contribution in [-0.2, 0) is 10.2 Å². The lowest BCUT2D eigenvalue weighted by atomic mass is 9.65. The summed E-state index contributed by atoms with van der Waals surface area (Å²) >= 11 is 0. The normalized spacial score (nSPS) is 19.4. The highest BCUT2D eigenvalue weighted by Gasteiger charge is 2.47. The van der Waals surface area contributed by atoms with Crippen molar-refractivity contribution in [2.75, 3.05) is 23.9 Å². The number of benzene rings is 3. The standard InChI is InChI=1S/C27H30N2O2/c1-26(2)19-27(3,20-11-6-5-7-12-20)23-15-8-9-16-24(23)29(26)25(30)18-28-21-13-10-14-22(17-21)31-4/h5-17,28H,18-19H2,1-4H3. The highest BCUT2D eigenvalue weighted by molar-refractivity contribution is 5.99. The van der Waals surface area contributed by atoms with Crippen molar-refractivity contribution in [2.45, 2.75) is 38.1 Å². The second kappa shape index (κ2) is 8.10. The summed E-state index contributed by atoms with van der Waals surface area (Å²) in [4.78, 5) is 15.5. The van der Waals surface area contributed by atoms with E-state index >= 15 is 0 Å². The number of rotatable bonds is 5. The molecule has 3 aromatic carbocycles. The van der Waals surface area contributed by atoms with Gasteiger partial charge in [-0.2, -0.15) is 0 Å². The summed E-state index contributed by atoms with van der Waals surface area (Å²) < 4.78 is 5.29. The van der Waals surface area contributed by atoms with E-state index in [0.29, 0.717) is 0 Å². The molecule has 0 aromatic heterocycles. The minimum absolute atomic E-state index is 0.0513. The first-order valence-electron chi connectivity index (χ1n) is 10.7. The maximum Gasteiger partial charge on any atom is 0.246 e. The van der Waals surface area contributed by atoms with Gasteiger partial charge in [0.15, 0.2) is 0 Å². The van der Waals surface area contributed by atoms with Crippen molar-refractivity contribution in [3.63, 3.8) is 0 Å². The Morgan fingerprint density at radius 3 is 2.42 bits per heavy atom. The van der Waals surface area contributed by atoms with Crippen LogP contribution < -0.4 is 15.0 Å². The smallest absolute Gasteiger partial charge is 0.246 e. The second-order valence-electron chi connectivity index (χ2n) is 9.02. The Morgan fingerprint density at radius 2 is 1.68 bits per heavy atom. The second-order valence-corrected chi connectivity index (χ2v) is 9.02. The van der Waals surface area contributed by atoms with Gasteiger partial charge in [0.25, 0.3) is 0 Å². The van der Waals surface area contributed by atoms with Crippen LogP contribution in [0.15, 0.2) is 78.9 Å². The van der Waals surface area contributed by atoms with Gasteiger partial charge in [0.2, 0.25) is 5.91 Å². The van der Waals surface area contributed by atoms with Crippen molar-refractivity contribution in [1.29, 1.82) is 0 Å². The van der Waals surface area contributed by atoms with Gasteiger partial charge >= 0.3 is 0 Å². The van der Waals surface area contributed by atoms with E-state index in [1.807, 2.05) is 41.3 Å². The minimum Gasteiger partial charge on any atom is -0.497 e. The van der Waals surface area contributed by atoms with Crippen LogP contribution in [0.5, 0.6) is 5.75 Å². The summed E-state index contributed by atoms with van der Waals surface area (Å²) in [5.41, 5.74) is 3.81. The Hall–Kier alpha value is -3.27. The van der Waals surface area contributed by atoms with E-state index in [1.54, 1.807) is 7.11 Å². The number of fused-ring (bicyclic) bond motifs is 1. The van der Waals surface area contributed by atoms with E-state index in [-0.39, 0.29) is 23.4 Å². The Balaban J connectivity index is 1.67. The number of hydrogen-bond donors (Lipinski definition) is 1. The van der Waals surface area contributed by atoms with Crippen LogP contribution in [0.3, 0.4) is 0 Å². The monoisotopic (exact) mass is 414 g/mol. The number of nitrogens with zero attached hydrogens (tertiary/aromatic N) is 1. The van der Waals surface area contributed by atoms with Crippen LogP contribution in [-0.4, -0.2) is 25.1 Å². The third-order valence-corrected chi connectivity index (χ3v) is 6.30. The maximum absolute atomic E-state index is 13.5. The van der Waals surface area contributed by atoms with Gasteiger partial charge in [-0.3, -0.25) is 4.79 Å². The third kappa shape index (κ3) is 3.90. The van der Waals surface area contributed by atoms with Crippen LogP contribution in [0, 0.1) is 0 Å². The molecule has 0 spiro atoms. The van der Waals surface area contributed by atoms with Crippen molar-refractivity contribution in [1.82, 2.24) is 0 Å². The molecule has 0 bridgehead atoms. The zero-order valence-electron chi connectivity index (χ0n) is 18.7. The molecule has 0 saturated carbocycles. The molecule has 4 nitrogen and oxygen atoms in total. The summed E-state index contributed by atoms with van der Waals surface area (Å²) in [5, 5.41) is 3.27. The fraction of sp³-hybridized carbons (Fsp3) is 0.296. The first kappa shape index (κ1) is 21.0. The predicted molar refractivity (Wildman–Crippen MR) is 127 cm³/mol. The first-order chi connectivity index (χ1) is 14.8. The molecule has 1 amide bonds. The van der Waals surface area contributed by atoms with Gasteiger partial charge in [0.1, 0.15) is 5.75 Å². The van der Waals surface area contributed by atoms with Crippen LogP contribution in [0.1, 0.15) is 38.3 Å². The molecule has 1 aliphatic rings. The summed E-state index contributed by atoms with van der Waals surface area (Å²) in [5.74, 6) is 0.815.